The fourth-order valence-corrected chi connectivity index (χ4v) is 1.42. The zero-order valence-corrected chi connectivity index (χ0v) is 10.8. The predicted molar refractivity (Wildman–Crippen MR) is 72.6 cm³/mol. The van der Waals surface area contributed by atoms with Crippen LogP contribution in [0.1, 0.15) is 36.7 Å². The molecule has 0 fully saturated rings. The van der Waals surface area contributed by atoms with E-state index in [1.54, 1.807) is 12.1 Å². The van der Waals surface area contributed by atoms with E-state index in [-0.39, 0.29) is 5.91 Å². The molecule has 0 saturated heterocycles. The molecule has 98 valence electrons. The van der Waals surface area contributed by atoms with Gasteiger partial charge >= 0.3 is 0 Å². The molecule has 1 rings (SSSR count). The Morgan fingerprint density at radius 3 is 3.00 bits per heavy atom. The van der Waals surface area contributed by atoms with Gasteiger partial charge in [-0.25, -0.2) is 9.97 Å². The Labute approximate surface area is 108 Å². The van der Waals surface area contributed by atoms with Crippen LogP contribution < -0.4 is 10.6 Å². The number of aromatic nitrogens is 2. The Balaban J connectivity index is 2.48. The molecule has 0 aliphatic carbocycles. The molecule has 1 amide bonds. The Morgan fingerprint density at radius 2 is 2.28 bits per heavy atom. The van der Waals surface area contributed by atoms with Crippen molar-refractivity contribution < 1.29 is 4.79 Å². The third-order valence-electron chi connectivity index (χ3n) is 2.39. The molecule has 0 radical (unpaired) electrons. The molecule has 18 heavy (non-hydrogen) atoms. The van der Waals surface area contributed by atoms with Crippen molar-refractivity contribution in [3.8, 4) is 0 Å². The van der Waals surface area contributed by atoms with E-state index in [4.69, 9.17) is 0 Å². The lowest BCUT2D eigenvalue weighted by molar-refractivity contribution is 0.0948. The molecule has 0 spiro atoms. The predicted octanol–water partition coefficient (Wildman–Crippen LogP) is 1.99. The van der Waals surface area contributed by atoms with Gasteiger partial charge in [0, 0.05) is 19.2 Å². The first-order valence-electron chi connectivity index (χ1n) is 6.23. The molecule has 0 unspecified atom stereocenters. The maximum atomic E-state index is 11.8. The van der Waals surface area contributed by atoms with Gasteiger partial charge in [0.1, 0.15) is 17.8 Å². The minimum Gasteiger partial charge on any atom is -0.366 e. The Hall–Kier alpha value is -1.91. The first kappa shape index (κ1) is 14.2. The van der Waals surface area contributed by atoms with Gasteiger partial charge in [-0.1, -0.05) is 25.8 Å². The number of hydrogen-bond acceptors (Lipinski definition) is 4. The lowest BCUT2D eigenvalue weighted by atomic mass is 10.2. The van der Waals surface area contributed by atoms with Crippen LogP contribution in [0.25, 0.3) is 0 Å². The van der Waals surface area contributed by atoms with Crippen LogP contribution in [0.4, 0.5) is 5.82 Å². The summed E-state index contributed by atoms with van der Waals surface area (Å²) in [5, 5.41) is 5.86. The van der Waals surface area contributed by atoms with Crippen molar-refractivity contribution in [2.75, 3.05) is 18.4 Å². The van der Waals surface area contributed by atoms with Gasteiger partial charge < -0.3 is 10.6 Å². The number of amides is 1. The minimum atomic E-state index is -0.157. The smallest absolute Gasteiger partial charge is 0.270 e. The van der Waals surface area contributed by atoms with Gasteiger partial charge in [0.25, 0.3) is 5.91 Å². The molecule has 0 atom stereocenters. The summed E-state index contributed by atoms with van der Waals surface area (Å²) in [5.74, 6) is 0.471. The maximum absolute atomic E-state index is 11.8. The van der Waals surface area contributed by atoms with E-state index in [2.05, 4.69) is 34.1 Å². The molecule has 5 nitrogen and oxygen atoms in total. The molecule has 2 N–H and O–H groups in total. The zero-order chi connectivity index (χ0) is 13.2. The Bertz CT molecular complexity index is 392. The molecule has 0 aliphatic heterocycles. The second-order valence-electron chi connectivity index (χ2n) is 3.92. The number of nitrogens with zero attached hydrogens (tertiary/aromatic N) is 2. The summed E-state index contributed by atoms with van der Waals surface area (Å²) >= 11 is 0. The van der Waals surface area contributed by atoms with Gasteiger partial charge in [-0.2, -0.15) is 0 Å². The number of rotatable bonds is 8. The van der Waals surface area contributed by atoms with Crippen molar-refractivity contribution in [1.82, 2.24) is 15.3 Å². The SMILES string of the molecule is C=CCNc1cc(C(=O)NCCCCC)ncn1. The van der Waals surface area contributed by atoms with Crippen LogP contribution >= 0.6 is 0 Å². The highest BCUT2D eigenvalue weighted by atomic mass is 16.1. The van der Waals surface area contributed by atoms with Crippen molar-refractivity contribution in [2.45, 2.75) is 26.2 Å². The van der Waals surface area contributed by atoms with E-state index < -0.39 is 0 Å². The summed E-state index contributed by atoms with van der Waals surface area (Å²) in [7, 11) is 0. The average Bonchev–Trinajstić information content (AvgIpc) is 2.41. The van der Waals surface area contributed by atoms with Crippen LogP contribution in [-0.2, 0) is 0 Å². The Kier molecular flexibility index (Phi) is 6.46. The molecule has 0 saturated carbocycles. The molecule has 1 heterocycles. The van der Waals surface area contributed by atoms with Crippen LogP contribution in [0.15, 0.2) is 25.0 Å². The van der Waals surface area contributed by atoms with E-state index >= 15 is 0 Å². The van der Waals surface area contributed by atoms with Crippen LogP contribution in [-0.4, -0.2) is 29.0 Å². The largest absolute Gasteiger partial charge is 0.366 e. The van der Waals surface area contributed by atoms with Gasteiger partial charge in [0.2, 0.25) is 0 Å². The topological polar surface area (TPSA) is 66.9 Å². The van der Waals surface area contributed by atoms with E-state index in [1.807, 2.05) is 0 Å². The van der Waals surface area contributed by atoms with Gasteiger partial charge in [-0.15, -0.1) is 6.58 Å². The Morgan fingerprint density at radius 1 is 1.44 bits per heavy atom. The van der Waals surface area contributed by atoms with Crippen molar-refractivity contribution in [2.24, 2.45) is 0 Å². The number of nitrogens with one attached hydrogen (secondary N) is 2. The highest BCUT2D eigenvalue weighted by molar-refractivity contribution is 5.92. The standard InChI is InChI=1S/C13H20N4O/c1-3-5-6-8-15-13(18)11-9-12(14-7-4-2)17-10-16-11/h4,9-10H,2-3,5-8H2,1H3,(H,15,18)(H,14,16,17). The minimum absolute atomic E-state index is 0.157. The monoisotopic (exact) mass is 248 g/mol. The summed E-state index contributed by atoms with van der Waals surface area (Å²) in [6.45, 7) is 7.03. The van der Waals surface area contributed by atoms with Crippen LogP contribution in [0.5, 0.6) is 0 Å². The highest BCUT2D eigenvalue weighted by Crippen LogP contribution is 2.03. The van der Waals surface area contributed by atoms with E-state index in [0.29, 0.717) is 24.6 Å². The second kappa shape index (κ2) is 8.22. The zero-order valence-electron chi connectivity index (χ0n) is 10.8. The normalized spacial score (nSPS) is 9.83. The number of anilines is 1. The molecular weight excluding hydrogens is 228 g/mol. The number of hydrogen-bond donors (Lipinski definition) is 2. The first-order valence-corrected chi connectivity index (χ1v) is 6.23. The summed E-state index contributed by atoms with van der Waals surface area (Å²) < 4.78 is 0. The second-order valence-corrected chi connectivity index (χ2v) is 3.92. The van der Waals surface area contributed by atoms with Gasteiger partial charge in [-0.05, 0) is 6.42 Å². The summed E-state index contributed by atoms with van der Waals surface area (Å²) in [6, 6.07) is 1.64. The molecule has 5 heteroatoms. The fourth-order valence-electron chi connectivity index (χ4n) is 1.42. The van der Waals surface area contributed by atoms with Crippen LogP contribution in [0, 0.1) is 0 Å². The van der Waals surface area contributed by atoms with Crippen LogP contribution in [0.3, 0.4) is 0 Å². The van der Waals surface area contributed by atoms with Gasteiger partial charge in [0.15, 0.2) is 0 Å². The number of unbranched alkanes of at least 4 members (excludes halogenated alkanes) is 2. The maximum Gasteiger partial charge on any atom is 0.270 e. The lowest BCUT2D eigenvalue weighted by Gasteiger charge is -2.06. The highest BCUT2D eigenvalue weighted by Gasteiger charge is 2.07. The molecule has 0 aliphatic rings. The van der Waals surface area contributed by atoms with E-state index in [0.717, 1.165) is 19.3 Å². The fraction of sp³-hybridized carbons (Fsp3) is 0.462. The third-order valence-corrected chi connectivity index (χ3v) is 2.39. The average molecular weight is 248 g/mol. The quantitative estimate of drug-likeness (QED) is 0.545. The summed E-state index contributed by atoms with van der Waals surface area (Å²) in [6.07, 6.45) is 6.36. The van der Waals surface area contributed by atoms with E-state index in [9.17, 15) is 4.79 Å². The lowest BCUT2D eigenvalue weighted by Crippen LogP contribution is -2.25. The molecule has 0 aromatic carbocycles. The molecule has 1 aromatic heterocycles. The number of carbonyl (C=O) groups excluding carboxylic acids is 1. The first-order chi connectivity index (χ1) is 8.77. The van der Waals surface area contributed by atoms with Gasteiger partial charge in [-0.3, -0.25) is 4.79 Å². The number of carbonyl (C=O) groups is 1. The van der Waals surface area contributed by atoms with Gasteiger partial charge in [0.05, 0.1) is 0 Å². The van der Waals surface area contributed by atoms with Crippen molar-refractivity contribution in [1.29, 1.82) is 0 Å². The van der Waals surface area contributed by atoms with Crippen LogP contribution in [0.2, 0.25) is 0 Å². The molecular formula is C13H20N4O. The van der Waals surface area contributed by atoms with E-state index in [1.165, 1.54) is 6.33 Å². The van der Waals surface area contributed by atoms with Crippen molar-refractivity contribution in [3.63, 3.8) is 0 Å². The third kappa shape index (κ3) is 4.95. The summed E-state index contributed by atoms with van der Waals surface area (Å²) in [5.41, 5.74) is 0.382. The molecule has 1 aromatic rings. The summed E-state index contributed by atoms with van der Waals surface area (Å²) in [4.78, 5) is 19.8. The van der Waals surface area contributed by atoms with Crippen molar-refractivity contribution >= 4 is 11.7 Å². The van der Waals surface area contributed by atoms with Crippen molar-refractivity contribution in [3.05, 3.63) is 30.7 Å². The molecule has 0 bridgehead atoms.